The Morgan fingerprint density at radius 2 is 2.00 bits per heavy atom. The molecule has 0 bridgehead atoms. The summed E-state index contributed by atoms with van der Waals surface area (Å²) in [5.41, 5.74) is 0.934. The standard InChI is InChI=1S/C14H15NO3S/c1-8(16)9(2)19-13-10-5-3-4-6-12(10)15-7-11(13)14(17)18/h3-9,16H,1-2H3,(H,17,18). The molecule has 2 N–H and O–H groups in total. The molecule has 0 spiro atoms. The topological polar surface area (TPSA) is 70.4 Å². The molecule has 0 aliphatic rings. The van der Waals surface area contributed by atoms with E-state index in [-0.39, 0.29) is 10.8 Å². The van der Waals surface area contributed by atoms with Gasteiger partial charge in [0.05, 0.1) is 17.2 Å². The molecule has 0 aliphatic heterocycles. The summed E-state index contributed by atoms with van der Waals surface area (Å²) in [6.45, 7) is 3.57. The first kappa shape index (κ1) is 13.8. The van der Waals surface area contributed by atoms with Crippen LogP contribution in [0.3, 0.4) is 0 Å². The number of carboxylic acids is 1. The molecule has 0 saturated heterocycles. The number of fused-ring (bicyclic) bond motifs is 1. The Bertz CT molecular complexity index is 613. The van der Waals surface area contributed by atoms with E-state index < -0.39 is 12.1 Å². The summed E-state index contributed by atoms with van der Waals surface area (Å²) >= 11 is 1.37. The van der Waals surface area contributed by atoms with Crippen molar-refractivity contribution in [3.05, 3.63) is 36.0 Å². The minimum absolute atomic E-state index is 0.0936. The first-order chi connectivity index (χ1) is 9.00. The van der Waals surface area contributed by atoms with E-state index >= 15 is 0 Å². The van der Waals surface area contributed by atoms with E-state index in [0.29, 0.717) is 4.90 Å². The van der Waals surface area contributed by atoms with Crippen molar-refractivity contribution >= 4 is 28.6 Å². The molecule has 2 rings (SSSR count). The van der Waals surface area contributed by atoms with Crippen LogP contribution in [0.5, 0.6) is 0 Å². The number of nitrogens with zero attached hydrogens (tertiary/aromatic N) is 1. The largest absolute Gasteiger partial charge is 0.478 e. The van der Waals surface area contributed by atoms with Gasteiger partial charge in [-0.25, -0.2) is 4.79 Å². The molecule has 19 heavy (non-hydrogen) atoms. The third kappa shape index (κ3) is 2.88. The number of carbonyl (C=O) groups is 1. The number of carboxylic acid groups (broad SMARTS) is 1. The monoisotopic (exact) mass is 277 g/mol. The molecule has 4 nitrogen and oxygen atoms in total. The Labute approximate surface area is 115 Å². The van der Waals surface area contributed by atoms with Gasteiger partial charge >= 0.3 is 5.97 Å². The fraction of sp³-hybridized carbons (Fsp3) is 0.286. The molecule has 2 atom stereocenters. The van der Waals surface area contributed by atoms with Crippen molar-refractivity contribution in [1.82, 2.24) is 4.98 Å². The maximum absolute atomic E-state index is 11.3. The molecular weight excluding hydrogens is 262 g/mol. The normalized spacial score (nSPS) is 14.3. The first-order valence-electron chi connectivity index (χ1n) is 5.96. The van der Waals surface area contributed by atoms with Crippen molar-refractivity contribution in [2.45, 2.75) is 30.1 Å². The molecule has 0 saturated carbocycles. The van der Waals surface area contributed by atoms with Gasteiger partial charge in [0.15, 0.2) is 0 Å². The second kappa shape index (κ2) is 5.59. The zero-order valence-electron chi connectivity index (χ0n) is 10.7. The summed E-state index contributed by atoms with van der Waals surface area (Å²) in [7, 11) is 0. The zero-order valence-corrected chi connectivity index (χ0v) is 11.5. The van der Waals surface area contributed by atoms with Crippen molar-refractivity contribution in [3.8, 4) is 0 Å². The molecule has 2 unspecified atom stereocenters. The van der Waals surface area contributed by atoms with Gasteiger partial charge in [0.2, 0.25) is 0 Å². The maximum atomic E-state index is 11.3. The Hall–Kier alpha value is -1.59. The lowest BCUT2D eigenvalue weighted by Gasteiger charge is -2.16. The lowest BCUT2D eigenvalue weighted by molar-refractivity contribution is 0.0693. The van der Waals surface area contributed by atoms with Gasteiger partial charge in [-0.15, -0.1) is 11.8 Å². The molecular formula is C14H15NO3S. The average molecular weight is 277 g/mol. The minimum Gasteiger partial charge on any atom is -0.478 e. The molecule has 0 amide bonds. The second-order valence-electron chi connectivity index (χ2n) is 4.39. The summed E-state index contributed by atoms with van der Waals surface area (Å²) < 4.78 is 0. The molecule has 0 radical (unpaired) electrons. The van der Waals surface area contributed by atoms with Crippen molar-refractivity contribution in [2.75, 3.05) is 0 Å². The lowest BCUT2D eigenvalue weighted by Crippen LogP contribution is -2.16. The lowest BCUT2D eigenvalue weighted by atomic mass is 10.1. The Kier molecular flexibility index (Phi) is 4.07. The van der Waals surface area contributed by atoms with E-state index in [0.717, 1.165) is 10.9 Å². The van der Waals surface area contributed by atoms with Crippen molar-refractivity contribution in [2.24, 2.45) is 0 Å². The molecule has 1 aromatic heterocycles. The van der Waals surface area contributed by atoms with Gasteiger partial charge in [-0.3, -0.25) is 4.98 Å². The van der Waals surface area contributed by atoms with Crippen LogP contribution in [0, 0.1) is 0 Å². The molecule has 1 heterocycles. The smallest absolute Gasteiger partial charge is 0.338 e. The number of thioether (sulfide) groups is 1. The van der Waals surface area contributed by atoms with Gasteiger partial charge < -0.3 is 10.2 Å². The highest BCUT2D eigenvalue weighted by Crippen LogP contribution is 2.34. The predicted molar refractivity (Wildman–Crippen MR) is 75.7 cm³/mol. The number of benzene rings is 1. The second-order valence-corrected chi connectivity index (χ2v) is 5.77. The van der Waals surface area contributed by atoms with Gasteiger partial charge in [0.1, 0.15) is 0 Å². The number of hydrogen-bond donors (Lipinski definition) is 2. The summed E-state index contributed by atoms with van der Waals surface area (Å²) in [5, 5.41) is 19.6. The molecule has 5 heteroatoms. The number of rotatable bonds is 4. The van der Waals surface area contributed by atoms with E-state index in [1.807, 2.05) is 31.2 Å². The Balaban J connectivity index is 2.59. The summed E-state index contributed by atoms with van der Waals surface area (Å²) in [6, 6.07) is 7.42. The van der Waals surface area contributed by atoms with Crippen LogP contribution in [0.15, 0.2) is 35.4 Å². The Morgan fingerprint density at radius 3 is 2.63 bits per heavy atom. The van der Waals surface area contributed by atoms with Crippen LogP contribution < -0.4 is 0 Å². The van der Waals surface area contributed by atoms with E-state index in [1.54, 1.807) is 6.92 Å². The number of para-hydroxylation sites is 1. The SMILES string of the molecule is CC(O)C(C)Sc1c(C(=O)O)cnc2ccccc12. The van der Waals surface area contributed by atoms with Crippen LogP contribution in [0.4, 0.5) is 0 Å². The number of aromatic carboxylic acids is 1. The van der Waals surface area contributed by atoms with E-state index in [9.17, 15) is 15.0 Å². The van der Waals surface area contributed by atoms with Crippen LogP contribution >= 0.6 is 11.8 Å². The van der Waals surface area contributed by atoms with Gasteiger partial charge in [-0.05, 0) is 13.0 Å². The molecule has 2 aromatic rings. The highest BCUT2D eigenvalue weighted by Gasteiger charge is 2.19. The molecule has 0 fully saturated rings. The molecule has 100 valence electrons. The molecule has 1 aromatic carbocycles. The Morgan fingerprint density at radius 1 is 1.32 bits per heavy atom. The minimum atomic E-state index is -1.00. The first-order valence-corrected chi connectivity index (χ1v) is 6.84. The third-order valence-corrected chi connectivity index (χ3v) is 4.38. The zero-order chi connectivity index (χ0) is 14.0. The highest BCUT2D eigenvalue weighted by molar-refractivity contribution is 8.00. The quantitative estimate of drug-likeness (QED) is 0.841. The maximum Gasteiger partial charge on any atom is 0.338 e. The summed E-state index contributed by atoms with van der Waals surface area (Å²) in [6.07, 6.45) is 0.862. The third-order valence-electron chi connectivity index (χ3n) is 2.94. The highest BCUT2D eigenvalue weighted by atomic mass is 32.2. The number of hydrogen-bond acceptors (Lipinski definition) is 4. The van der Waals surface area contributed by atoms with Crippen LogP contribution in [-0.2, 0) is 0 Å². The van der Waals surface area contributed by atoms with Crippen molar-refractivity contribution in [3.63, 3.8) is 0 Å². The van der Waals surface area contributed by atoms with Crippen molar-refractivity contribution < 1.29 is 15.0 Å². The molecule has 0 aliphatic carbocycles. The fourth-order valence-electron chi connectivity index (χ4n) is 1.68. The number of aliphatic hydroxyl groups is 1. The number of aromatic nitrogens is 1. The summed E-state index contributed by atoms with van der Waals surface area (Å²) in [4.78, 5) is 16.1. The van der Waals surface area contributed by atoms with Gasteiger partial charge in [0, 0.05) is 21.7 Å². The van der Waals surface area contributed by atoms with Crippen molar-refractivity contribution in [1.29, 1.82) is 0 Å². The van der Waals surface area contributed by atoms with Crippen LogP contribution in [0.1, 0.15) is 24.2 Å². The van der Waals surface area contributed by atoms with Crippen LogP contribution in [0.2, 0.25) is 0 Å². The fourth-order valence-corrected chi connectivity index (χ4v) is 2.81. The van der Waals surface area contributed by atoms with E-state index in [1.165, 1.54) is 18.0 Å². The number of aliphatic hydroxyl groups excluding tert-OH is 1. The van der Waals surface area contributed by atoms with Crippen LogP contribution in [-0.4, -0.2) is 32.5 Å². The predicted octanol–water partition coefficient (Wildman–Crippen LogP) is 2.79. The van der Waals surface area contributed by atoms with Crippen LogP contribution in [0.25, 0.3) is 10.9 Å². The van der Waals surface area contributed by atoms with E-state index in [2.05, 4.69) is 4.98 Å². The van der Waals surface area contributed by atoms with E-state index in [4.69, 9.17) is 0 Å². The van der Waals surface area contributed by atoms with Gasteiger partial charge in [-0.2, -0.15) is 0 Å². The average Bonchev–Trinajstić information content (AvgIpc) is 2.38. The summed E-state index contributed by atoms with van der Waals surface area (Å²) in [5.74, 6) is -1.00. The van der Waals surface area contributed by atoms with Gasteiger partial charge in [0.25, 0.3) is 0 Å². The number of pyridine rings is 1. The van der Waals surface area contributed by atoms with Gasteiger partial charge in [-0.1, -0.05) is 25.1 Å².